The van der Waals surface area contributed by atoms with E-state index in [0.29, 0.717) is 5.01 Å². The van der Waals surface area contributed by atoms with Gasteiger partial charge in [-0.1, -0.05) is 11.6 Å². The molecule has 0 aliphatic heterocycles. The topological polar surface area (TPSA) is 96.4 Å². The first-order chi connectivity index (χ1) is 9.29. The van der Waals surface area contributed by atoms with Crippen molar-refractivity contribution in [1.29, 1.82) is 0 Å². The third-order valence-corrected chi connectivity index (χ3v) is 5.38. The van der Waals surface area contributed by atoms with Crippen LogP contribution in [0.4, 0.5) is 5.69 Å². The molecular weight excluding hydrogens is 324 g/mol. The molecule has 2 N–H and O–H groups in total. The van der Waals surface area contributed by atoms with Gasteiger partial charge in [-0.25, -0.2) is 18.2 Å². The number of carboxylic acids is 1. The fourth-order valence-electron chi connectivity index (χ4n) is 1.39. The van der Waals surface area contributed by atoms with Crippen molar-refractivity contribution in [2.45, 2.75) is 11.1 Å². The van der Waals surface area contributed by atoms with Crippen LogP contribution in [0.5, 0.6) is 0 Å². The van der Waals surface area contributed by atoms with Gasteiger partial charge in [0.25, 0.3) is 10.0 Å². The van der Waals surface area contributed by atoms with Gasteiger partial charge >= 0.3 is 5.97 Å². The van der Waals surface area contributed by atoms with Crippen molar-refractivity contribution >= 4 is 44.6 Å². The zero-order chi connectivity index (χ0) is 14.9. The summed E-state index contributed by atoms with van der Waals surface area (Å²) in [7, 11) is -3.77. The zero-order valence-corrected chi connectivity index (χ0v) is 12.5. The van der Waals surface area contributed by atoms with Gasteiger partial charge in [0, 0.05) is 0 Å². The molecule has 0 aliphatic carbocycles. The Morgan fingerprint density at radius 3 is 2.65 bits per heavy atom. The lowest BCUT2D eigenvalue weighted by atomic mass is 10.2. The van der Waals surface area contributed by atoms with Crippen molar-refractivity contribution in [2.75, 3.05) is 4.72 Å². The second-order valence-corrected chi connectivity index (χ2v) is 7.35. The van der Waals surface area contributed by atoms with Crippen molar-refractivity contribution in [1.82, 2.24) is 4.98 Å². The molecule has 2 rings (SSSR count). The van der Waals surface area contributed by atoms with E-state index in [1.54, 1.807) is 6.92 Å². The summed E-state index contributed by atoms with van der Waals surface area (Å²) < 4.78 is 26.5. The highest BCUT2D eigenvalue weighted by Gasteiger charge is 2.19. The lowest BCUT2D eigenvalue weighted by Crippen LogP contribution is -2.12. The van der Waals surface area contributed by atoms with Gasteiger partial charge in [-0.3, -0.25) is 4.72 Å². The highest BCUT2D eigenvalue weighted by Crippen LogP contribution is 2.27. The molecule has 0 spiro atoms. The minimum atomic E-state index is -3.77. The largest absolute Gasteiger partial charge is 0.478 e. The summed E-state index contributed by atoms with van der Waals surface area (Å²) in [4.78, 5) is 14.6. The van der Waals surface area contributed by atoms with Crippen molar-refractivity contribution in [2.24, 2.45) is 0 Å². The van der Waals surface area contributed by atoms with Crippen molar-refractivity contribution < 1.29 is 18.3 Å². The van der Waals surface area contributed by atoms with Gasteiger partial charge < -0.3 is 5.11 Å². The lowest BCUT2D eigenvalue weighted by Gasteiger charge is -2.08. The zero-order valence-electron chi connectivity index (χ0n) is 10.1. The molecular formula is C11H9ClN2O4S2. The van der Waals surface area contributed by atoms with Crippen LogP contribution in [0.1, 0.15) is 15.4 Å². The molecule has 0 unspecified atom stereocenters. The van der Waals surface area contributed by atoms with Gasteiger partial charge in [0.2, 0.25) is 0 Å². The Hall–Kier alpha value is -1.64. The molecule has 0 saturated carbocycles. The average molecular weight is 333 g/mol. The number of benzene rings is 1. The average Bonchev–Trinajstić information content (AvgIpc) is 2.79. The van der Waals surface area contributed by atoms with Crippen LogP contribution >= 0.6 is 22.9 Å². The molecule has 1 heterocycles. The number of hydrogen-bond acceptors (Lipinski definition) is 5. The van der Waals surface area contributed by atoms with Crippen LogP contribution in [-0.4, -0.2) is 24.5 Å². The number of anilines is 1. The molecule has 1 aromatic carbocycles. The van der Waals surface area contributed by atoms with E-state index in [4.69, 9.17) is 16.7 Å². The predicted octanol–water partition coefficient (Wildman–Crippen LogP) is 2.60. The van der Waals surface area contributed by atoms with Crippen LogP contribution in [0.2, 0.25) is 5.02 Å². The first-order valence-corrected chi connectivity index (χ1v) is 7.95. The molecule has 0 amide bonds. The Morgan fingerprint density at radius 1 is 1.45 bits per heavy atom. The van der Waals surface area contributed by atoms with E-state index in [9.17, 15) is 13.2 Å². The quantitative estimate of drug-likeness (QED) is 0.897. The molecule has 1 aromatic heterocycles. The summed E-state index contributed by atoms with van der Waals surface area (Å²) >= 11 is 6.90. The number of hydrogen-bond donors (Lipinski definition) is 2. The number of carbonyl (C=O) groups is 1. The normalized spacial score (nSPS) is 11.3. The maximum atomic E-state index is 12.1. The smallest absolute Gasteiger partial charge is 0.335 e. The second-order valence-electron chi connectivity index (χ2n) is 3.80. The van der Waals surface area contributed by atoms with E-state index in [1.165, 1.54) is 24.4 Å². The van der Waals surface area contributed by atoms with Crippen LogP contribution < -0.4 is 4.72 Å². The summed E-state index contributed by atoms with van der Waals surface area (Å²) in [6.45, 7) is 1.69. The molecule has 0 fully saturated rings. The van der Waals surface area contributed by atoms with E-state index in [1.807, 2.05) is 0 Å². The number of nitrogens with zero attached hydrogens (tertiary/aromatic N) is 1. The summed E-state index contributed by atoms with van der Waals surface area (Å²) in [5.41, 5.74) is 0.0919. The number of rotatable bonds is 4. The molecule has 0 aliphatic rings. The van der Waals surface area contributed by atoms with Crippen molar-refractivity contribution in [3.8, 4) is 0 Å². The molecule has 6 nitrogen and oxygen atoms in total. The predicted molar refractivity (Wildman–Crippen MR) is 76.1 cm³/mol. The van der Waals surface area contributed by atoms with Crippen LogP contribution in [0, 0.1) is 6.92 Å². The standard InChI is InChI=1S/C11H9ClN2O4S2/c1-6-13-5-10(19-6)20(17,18)14-9-3-2-7(11(15)16)4-8(9)12/h2-5,14H,1H3,(H,15,16). The van der Waals surface area contributed by atoms with E-state index >= 15 is 0 Å². The number of aryl methyl sites for hydroxylation is 1. The number of halogens is 1. The molecule has 2 aromatic rings. The summed E-state index contributed by atoms with van der Waals surface area (Å²) in [5, 5.41) is 9.44. The number of aromatic carboxylic acids is 1. The summed E-state index contributed by atoms with van der Waals surface area (Å²) in [5.74, 6) is -1.14. The first-order valence-electron chi connectivity index (χ1n) is 5.28. The minimum Gasteiger partial charge on any atom is -0.478 e. The number of sulfonamides is 1. The van der Waals surface area contributed by atoms with Crippen LogP contribution in [0.3, 0.4) is 0 Å². The Labute approximate surface area is 124 Å². The summed E-state index contributed by atoms with van der Waals surface area (Å²) in [6.07, 6.45) is 1.25. The maximum Gasteiger partial charge on any atom is 0.335 e. The molecule has 0 radical (unpaired) electrons. The molecule has 0 bridgehead atoms. The highest BCUT2D eigenvalue weighted by molar-refractivity contribution is 7.94. The minimum absolute atomic E-state index is 0.00899. The molecule has 0 atom stereocenters. The van der Waals surface area contributed by atoms with Crippen molar-refractivity contribution in [3.63, 3.8) is 0 Å². The van der Waals surface area contributed by atoms with E-state index in [-0.39, 0.29) is 20.5 Å². The van der Waals surface area contributed by atoms with Crippen LogP contribution in [-0.2, 0) is 10.0 Å². The van der Waals surface area contributed by atoms with Gasteiger partial charge in [-0.2, -0.15) is 0 Å². The Balaban J connectivity index is 2.32. The number of carboxylic acid groups (broad SMARTS) is 1. The third kappa shape index (κ3) is 3.09. The van der Waals surface area contributed by atoms with Crippen LogP contribution in [0.25, 0.3) is 0 Å². The van der Waals surface area contributed by atoms with Gasteiger partial charge in [0.05, 0.1) is 27.5 Å². The SMILES string of the molecule is Cc1ncc(S(=O)(=O)Nc2ccc(C(=O)O)cc2Cl)s1. The van der Waals surface area contributed by atoms with E-state index in [0.717, 1.165) is 11.3 Å². The monoisotopic (exact) mass is 332 g/mol. The Kier molecular flexibility index (Phi) is 3.98. The number of nitrogens with one attached hydrogen (secondary N) is 1. The fraction of sp³-hybridized carbons (Fsp3) is 0.0909. The van der Waals surface area contributed by atoms with Crippen LogP contribution in [0.15, 0.2) is 28.6 Å². The molecule has 106 valence electrons. The third-order valence-electron chi connectivity index (χ3n) is 2.33. The first kappa shape index (κ1) is 14.8. The number of thiazole rings is 1. The van der Waals surface area contributed by atoms with Crippen molar-refractivity contribution in [3.05, 3.63) is 40.0 Å². The lowest BCUT2D eigenvalue weighted by molar-refractivity contribution is 0.0697. The Bertz CT molecular complexity index is 770. The summed E-state index contributed by atoms with van der Waals surface area (Å²) in [6, 6.07) is 3.75. The molecule has 20 heavy (non-hydrogen) atoms. The molecule has 0 saturated heterocycles. The van der Waals surface area contributed by atoms with Gasteiger partial charge in [0.15, 0.2) is 4.21 Å². The van der Waals surface area contributed by atoms with E-state index in [2.05, 4.69) is 9.71 Å². The Morgan fingerprint density at radius 2 is 2.15 bits per heavy atom. The van der Waals surface area contributed by atoms with E-state index < -0.39 is 16.0 Å². The highest BCUT2D eigenvalue weighted by atomic mass is 35.5. The van der Waals surface area contributed by atoms with Gasteiger partial charge in [-0.15, -0.1) is 11.3 Å². The van der Waals surface area contributed by atoms with Gasteiger partial charge in [0.1, 0.15) is 0 Å². The van der Waals surface area contributed by atoms with Gasteiger partial charge in [-0.05, 0) is 25.1 Å². The fourth-order valence-corrected chi connectivity index (χ4v) is 3.86. The number of aromatic nitrogens is 1. The second kappa shape index (κ2) is 5.39. The molecule has 9 heteroatoms. The maximum absolute atomic E-state index is 12.1.